The Bertz CT molecular complexity index is 508. The minimum Gasteiger partial charge on any atom is -0.460 e. The van der Waals surface area contributed by atoms with Gasteiger partial charge < -0.3 is 14.8 Å². The van der Waals surface area contributed by atoms with Gasteiger partial charge >= 0.3 is 5.97 Å². The molecule has 1 aromatic rings. The first-order valence-electron chi connectivity index (χ1n) is 8.04. The van der Waals surface area contributed by atoms with E-state index in [9.17, 15) is 4.79 Å². The topological polar surface area (TPSA) is 47.6 Å². The Labute approximate surface area is 131 Å². The number of carbonyl (C=O) groups excluding carboxylic acids is 1. The van der Waals surface area contributed by atoms with Gasteiger partial charge in [-0.25, -0.2) is 0 Å². The van der Waals surface area contributed by atoms with E-state index in [1.54, 1.807) is 0 Å². The summed E-state index contributed by atoms with van der Waals surface area (Å²) in [7, 11) is 0. The van der Waals surface area contributed by atoms with Crippen molar-refractivity contribution >= 4 is 5.97 Å². The Balaban J connectivity index is 1.42. The molecule has 1 aromatic carbocycles. The van der Waals surface area contributed by atoms with E-state index in [0.29, 0.717) is 12.6 Å². The van der Waals surface area contributed by atoms with E-state index in [1.807, 2.05) is 36.4 Å². The average Bonchev–Trinajstić information content (AvgIpc) is 3.03. The highest BCUT2D eigenvalue weighted by Crippen LogP contribution is 2.21. The third kappa shape index (κ3) is 4.18. The summed E-state index contributed by atoms with van der Waals surface area (Å²) in [5.74, 6) is -0.252. The largest absolute Gasteiger partial charge is 0.460 e. The van der Waals surface area contributed by atoms with Gasteiger partial charge in [-0.1, -0.05) is 42.5 Å². The standard InChI is InChI=1S/C18H23NO3/c20-18(22-13-14-4-2-1-3-5-14)15-6-7-17(12-15)19-16-8-10-21-11-9-16/h1-7,15-17,19H,8-13H2. The summed E-state index contributed by atoms with van der Waals surface area (Å²) in [4.78, 5) is 12.1. The monoisotopic (exact) mass is 301 g/mol. The lowest BCUT2D eigenvalue weighted by Gasteiger charge is -2.26. The van der Waals surface area contributed by atoms with E-state index >= 15 is 0 Å². The van der Waals surface area contributed by atoms with Crippen molar-refractivity contribution in [1.29, 1.82) is 0 Å². The second-order valence-corrected chi connectivity index (χ2v) is 5.98. The van der Waals surface area contributed by atoms with Crippen molar-refractivity contribution in [3.63, 3.8) is 0 Å². The highest BCUT2D eigenvalue weighted by Gasteiger charge is 2.27. The molecule has 4 nitrogen and oxygen atoms in total. The van der Waals surface area contributed by atoms with Crippen molar-refractivity contribution in [1.82, 2.24) is 5.32 Å². The molecule has 1 heterocycles. The molecule has 2 atom stereocenters. The lowest BCUT2D eigenvalue weighted by molar-refractivity contribution is -0.148. The molecule has 4 heteroatoms. The van der Waals surface area contributed by atoms with E-state index < -0.39 is 0 Å². The lowest BCUT2D eigenvalue weighted by Crippen LogP contribution is -2.40. The van der Waals surface area contributed by atoms with Gasteiger partial charge in [-0.3, -0.25) is 4.79 Å². The molecule has 1 N–H and O–H groups in total. The van der Waals surface area contributed by atoms with Crippen molar-refractivity contribution in [2.45, 2.75) is 38.0 Å². The van der Waals surface area contributed by atoms with E-state index in [0.717, 1.165) is 38.0 Å². The quantitative estimate of drug-likeness (QED) is 0.670. The summed E-state index contributed by atoms with van der Waals surface area (Å²) in [6, 6.07) is 10.6. The number of hydrogen-bond donors (Lipinski definition) is 1. The highest BCUT2D eigenvalue weighted by atomic mass is 16.5. The molecule has 1 aliphatic heterocycles. The molecule has 0 amide bonds. The summed E-state index contributed by atoms with van der Waals surface area (Å²) in [5, 5.41) is 3.60. The first-order chi connectivity index (χ1) is 10.8. The molecule has 1 fully saturated rings. The molecule has 0 spiro atoms. The first kappa shape index (κ1) is 15.3. The van der Waals surface area contributed by atoms with Crippen LogP contribution in [0.1, 0.15) is 24.8 Å². The van der Waals surface area contributed by atoms with Gasteiger partial charge in [0.25, 0.3) is 0 Å². The molecule has 0 aromatic heterocycles. The van der Waals surface area contributed by atoms with Crippen molar-refractivity contribution in [2.24, 2.45) is 5.92 Å². The van der Waals surface area contributed by atoms with Crippen LogP contribution in [0, 0.1) is 5.92 Å². The second-order valence-electron chi connectivity index (χ2n) is 5.98. The zero-order valence-electron chi connectivity index (χ0n) is 12.7. The van der Waals surface area contributed by atoms with Gasteiger partial charge in [0.2, 0.25) is 0 Å². The van der Waals surface area contributed by atoms with Crippen LogP contribution >= 0.6 is 0 Å². The van der Waals surface area contributed by atoms with Crippen molar-refractivity contribution in [3.05, 3.63) is 48.0 Å². The van der Waals surface area contributed by atoms with Gasteiger partial charge in [0.05, 0.1) is 5.92 Å². The van der Waals surface area contributed by atoms with Crippen LogP contribution in [0.3, 0.4) is 0 Å². The van der Waals surface area contributed by atoms with E-state index in [2.05, 4.69) is 11.4 Å². The number of nitrogens with one attached hydrogen (secondary N) is 1. The molecule has 0 bridgehead atoms. The van der Waals surface area contributed by atoms with E-state index in [4.69, 9.17) is 9.47 Å². The third-order valence-electron chi connectivity index (χ3n) is 4.28. The average molecular weight is 301 g/mol. The molecule has 1 saturated heterocycles. The normalized spacial score (nSPS) is 25.3. The fourth-order valence-corrected chi connectivity index (χ4v) is 3.00. The van der Waals surface area contributed by atoms with Gasteiger partial charge in [0.1, 0.15) is 6.61 Å². The Hall–Kier alpha value is -1.65. The molecule has 118 valence electrons. The van der Waals surface area contributed by atoms with Crippen LogP contribution in [0.4, 0.5) is 0 Å². The highest BCUT2D eigenvalue weighted by molar-refractivity contribution is 5.75. The summed E-state index contributed by atoms with van der Waals surface area (Å²) >= 11 is 0. The molecule has 3 rings (SSSR count). The fourth-order valence-electron chi connectivity index (χ4n) is 3.00. The van der Waals surface area contributed by atoms with Gasteiger partial charge in [0, 0.05) is 25.3 Å². The summed E-state index contributed by atoms with van der Waals surface area (Å²) < 4.78 is 10.8. The second kappa shape index (κ2) is 7.56. The molecule has 1 aliphatic carbocycles. The minimum atomic E-state index is -0.128. The zero-order valence-corrected chi connectivity index (χ0v) is 12.7. The number of rotatable bonds is 5. The number of carbonyl (C=O) groups is 1. The van der Waals surface area contributed by atoms with Crippen molar-refractivity contribution in [2.75, 3.05) is 13.2 Å². The van der Waals surface area contributed by atoms with Crippen LogP contribution < -0.4 is 5.32 Å². The van der Waals surface area contributed by atoms with Crippen molar-refractivity contribution in [3.8, 4) is 0 Å². The van der Waals surface area contributed by atoms with Gasteiger partial charge in [-0.05, 0) is 24.8 Å². The predicted molar refractivity (Wildman–Crippen MR) is 84.2 cm³/mol. The Morgan fingerprint density at radius 1 is 1.18 bits per heavy atom. The van der Waals surface area contributed by atoms with E-state index in [1.165, 1.54) is 0 Å². The maximum atomic E-state index is 12.1. The van der Waals surface area contributed by atoms with E-state index in [-0.39, 0.29) is 17.9 Å². The van der Waals surface area contributed by atoms with Crippen molar-refractivity contribution < 1.29 is 14.3 Å². The van der Waals surface area contributed by atoms with Crippen LogP contribution in [-0.4, -0.2) is 31.3 Å². The zero-order chi connectivity index (χ0) is 15.2. The maximum absolute atomic E-state index is 12.1. The van der Waals surface area contributed by atoms with Crippen LogP contribution in [0.15, 0.2) is 42.5 Å². The molecule has 22 heavy (non-hydrogen) atoms. The third-order valence-corrected chi connectivity index (χ3v) is 4.28. The predicted octanol–water partition coefficient (Wildman–Crippen LogP) is 2.44. The summed E-state index contributed by atoms with van der Waals surface area (Å²) in [5.41, 5.74) is 1.02. The number of benzene rings is 1. The van der Waals surface area contributed by atoms with Gasteiger partial charge in [0.15, 0.2) is 0 Å². The maximum Gasteiger partial charge on any atom is 0.313 e. The molecular weight excluding hydrogens is 278 g/mol. The van der Waals surface area contributed by atoms with Gasteiger partial charge in [-0.2, -0.15) is 0 Å². The Morgan fingerprint density at radius 3 is 2.73 bits per heavy atom. The number of hydrogen-bond acceptors (Lipinski definition) is 4. The van der Waals surface area contributed by atoms with Crippen LogP contribution in [-0.2, 0) is 20.9 Å². The van der Waals surface area contributed by atoms with Crippen LogP contribution in [0.5, 0.6) is 0 Å². The SMILES string of the molecule is O=C(OCc1ccccc1)C1C=CC(NC2CCOCC2)C1. The molecule has 0 saturated carbocycles. The molecule has 0 radical (unpaired) electrons. The molecule has 2 unspecified atom stereocenters. The molecule has 2 aliphatic rings. The summed E-state index contributed by atoms with van der Waals surface area (Å²) in [6.07, 6.45) is 6.97. The summed E-state index contributed by atoms with van der Waals surface area (Å²) in [6.45, 7) is 2.01. The molecular formula is C18H23NO3. The van der Waals surface area contributed by atoms with Crippen LogP contribution in [0.2, 0.25) is 0 Å². The Kier molecular flexibility index (Phi) is 5.24. The number of ether oxygens (including phenoxy) is 2. The first-order valence-corrected chi connectivity index (χ1v) is 8.04. The van der Waals surface area contributed by atoms with Gasteiger partial charge in [-0.15, -0.1) is 0 Å². The minimum absolute atomic E-state index is 0.124. The lowest BCUT2D eigenvalue weighted by atomic mass is 10.0. The van der Waals surface area contributed by atoms with Crippen LogP contribution in [0.25, 0.3) is 0 Å². The fraction of sp³-hybridized carbons (Fsp3) is 0.500. The smallest absolute Gasteiger partial charge is 0.313 e. The number of esters is 1. The Morgan fingerprint density at radius 2 is 1.95 bits per heavy atom.